The van der Waals surface area contributed by atoms with Gasteiger partial charge in [0.1, 0.15) is 36.8 Å². The predicted molar refractivity (Wildman–Crippen MR) is 186 cm³/mol. The first kappa shape index (κ1) is 35.0. The van der Waals surface area contributed by atoms with Gasteiger partial charge in [0, 0.05) is 35.0 Å². The molecule has 4 aromatic carbocycles. The van der Waals surface area contributed by atoms with E-state index in [1.165, 1.54) is 0 Å². The number of carbonyl (C=O) groups excluding carboxylic acids is 3. The zero-order valence-electron chi connectivity index (χ0n) is 28.1. The summed E-state index contributed by atoms with van der Waals surface area (Å²) < 4.78 is 41.0. The molecule has 0 radical (unpaired) electrons. The molecule has 1 unspecified atom stereocenters. The average molecular weight is 711 g/mol. The van der Waals surface area contributed by atoms with Gasteiger partial charge in [-0.3, -0.25) is 4.79 Å². The van der Waals surface area contributed by atoms with E-state index in [2.05, 4.69) is 10.1 Å². The first-order valence-electron chi connectivity index (χ1n) is 15.8. The summed E-state index contributed by atoms with van der Waals surface area (Å²) >= 11 is 0. The molecule has 5 aliphatic heterocycles. The molecule has 4 aromatic rings. The number of hydrogen-bond acceptors (Lipinski definition) is 14. The normalized spacial score (nSPS) is 16.4. The summed E-state index contributed by atoms with van der Waals surface area (Å²) in [5.41, 5.74) is 11.1. The minimum atomic E-state index is -0.461. The molecular formula is C38H34N2O12. The number of fused-ring (bicyclic) bond motifs is 3. The summed E-state index contributed by atoms with van der Waals surface area (Å²) in [6.07, 6.45) is 1.85. The molecule has 5 heterocycles. The maximum atomic E-state index is 12.4. The van der Waals surface area contributed by atoms with Crippen molar-refractivity contribution in [2.24, 2.45) is 0 Å². The Kier molecular flexibility index (Phi) is 10.6. The van der Waals surface area contributed by atoms with Crippen LogP contribution in [0.25, 0.3) is 0 Å². The maximum Gasteiger partial charge on any atom is 0.337 e. The van der Waals surface area contributed by atoms with E-state index in [9.17, 15) is 14.4 Å². The second-order valence-electron chi connectivity index (χ2n) is 11.3. The Hall–Kier alpha value is -6.83. The molecule has 0 saturated carbocycles. The fourth-order valence-corrected chi connectivity index (χ4v) is 5.59. The van der Waals surface area contributed by atoms with Crippen LogP contribution in [0.1, 0.15) is 27.4 Å². The number of cyclic esters (lactones) is 2. The highest BCUT2D eigenvalue weighted by molar-refractivity contribution is 5.97. The fourth-order valence-electron chi connectivity index (χ4n) is 5.59. The standard InChI is InChI=1S/C19H15NO5.C8H8O2.C7H7NO2.C4H4O3/c1-22-11-4-2-3-10(5-11)17-12-6-15-16(25-9-24-15)7-13(12)20-14-8-23-19(21)18(14)17;1-10-8-4-2-3-7(5-8)6-9;8-5-1-2-6-7(3-5)10-4-9-6;5-3-1-4(6)7-2-3/h2-7,17,20H,8-9H2,1H3;2-6H,1H3;1-3H,4,8H2;1,5H,2H2. The lowest BCUT2D eigenvalue weighted by atomic mass is 9.81. The summed E-state index contributed by atoms with van der Waals surface area (Å²) in [5, 5.41) is 11.7. The quantitative estimate of drug-likeness (QED) is 0.141. The molecule has 0 fully saturated rings. The molecule has 0 bridgehead atoms. The number of esters is 2. The van der Waals surface area contributed by atoms with E-state index >= 15 is 0 Å². The lowest BCUT2D eigenvalue weighted by Gasteiger charge is -2.27. The topological polar surface area (TPSA) is 183 Å². The summed E-state index contributed by atoms with van der Waals surface area (Å²) in [5.74, 6) is 3.35. The smallest absolute Gasteiger partial charge is 0.337 e. The highest BCUT2D eigenvalue weighted by Crippen LogP contribution is 2.49. The molecule has 0 aromatic heterocycles. The number of rotatable bonds is 4. The molecule has 0 spiro atoms. The molecule has 0 saturated heterocycles. The van der Waals surface area contributed by atoms with Gasteiger partial charge >= 0.3 is 11.9 Å². The third-order valence-electron chi connectivity index (χ3n) is 8.02. The summed E-state index contributed by atoms with van der Waals surface area (Å²) in [4.78, 5) is 32.6. The van der Waals surface area contributed by atoms with Crippen molar-refractivity contribution < 1.29 is 57.4 Å². The van der Waals surface area contributed by atoms with Crippen LogP contribution in [0.3, 0.4) is 0 Å². The van der Waals surface area contributed by atoms with Crippen molar-refractivity contribution in [3.8, 4) is 34.5 Å². The Morgan fingerprint density at radius 2 is 1.44 bits per heavy atom. The van der Waals surface area contributed by atoms with Crippen LogP contribution in [0, 0.1) is 0 Å². The minimum absolute atomic E-state index is 0.00463. The number of ether oxygens (including phenoxy) is 8. The van der Waals surface area contributed by atoms with Crippen molar-refractivity contribution in [3.63, 3.8) is 0 Å². The molecule has 4 N–H and O–H groups in total. The highest BCUT2D eigenvalue weighted by atomic mass is 16.7. The lowest BCUT2D eigenvalue weighted by Crippen LogP contribution is -2.19. The van der Waals surface area contributed by atoms with Crippen LogP contribution in [0.15, 0.2) is 102 Å². The van der Waals surface area contributed by atoms with Crippen LogP contribution in [0.2, 0.25) is 0 Å². The van der Waals surface area contributed by atoms with Gasteiger partial charge in [0.25, 0.3) is 0 Å². The number of methoxy groups -OCH3 is 2. The van der Waals surface area contributed by atoms with Crippen LogP contribution in [0.5, 0.6) is 34.5 Å². The van der Waals surface area contributed by atoms with Gasteiger partial charge in [0.15, 0.2) is 23.0 Å². The number of anilines is 2. The van der Waals surface area contributed by atoms with Crippen molar-refractivity contribution in [1.29, 1.82) is 0 Å². The fraction of sp³-hybridized carbons (Fsp3) is 0.184. The number of nitrogens with two attached hydrogens (primary N) is 1. The van der Waals surface area contributed by atoms with E-state index in [1.807, 2.05) is 36.4 Å². The monoisotopic (exact) mass is 710 g/mol. The Morgan fingerprint density at radius 1 is 0.769 bits per heavy atom. The first-order chi connectivity index (χ1) is 25.3. The largest absolute Gasteiger partial charge is 0.508 e. The van der Waals surface area contributed by atoms with Crippen molar-refractivity contribution in [2.45, 2.75) is 5.92 Å². The molecule has 1 atom stereocenters. The van der Waals surface area contributed by atoms with E-state index in [1.54, 1.807) is 56.7 Å². The number of hydrogen-bond donors (Lipinski definition) is 3. The van der Waals surface area contributed by atoms with Gasteiger partial charge in [-0.1, -0.05) is 24.3 Å². The predicted octanol–water partition coefficient (Wildman–Crippen LogP) is 5.28. The van der Waals surface area contributed by atoms with Crippen molar-refractivity contribution >= 4 is 29.6 Å². The van der Waals surface area contributed by atoms with Crippen LogP contribution in [-0.4, -0.2) is 64.4 Å². The zero-order valence-corrected chi connectivity index (χ0v) is 28.1. The molecule has 268 valence electrons. The first-order valence-corrected chi connectivity index (χ1v) is 15.8. The van der Waals surface area contributed by atoms with Crippen molar-refractivity contribution in [2.75, 3.05) is 52.1 Å². The van der Waals surface area contributed by atoms with Gasteiger partial charge in [-0.15, -0.1) is 0 Å². The SMILES string of the molecule is COc1cccc(C2C3=C(COC3=O)Nc3cc4c(cc32)OCO4)c1.COc1cccc(C=O)c1.Nc1ccc2c(c1)OCO2.O=C1C=C(O)CO1. The van der Waals surface area contributed by atoms with Crippen molar-refractivity contribution in [3.05, 3.63) is 119 Å². The average Bonchev–Trinajstić information content (AvgIpc) is 3.99. The van der Waals surface area contributed by atoms with E-state index in [0.29, 0.717) is 40.9 Å². The minimum Gasteiger partial charge on any atom is -0.508 e. The number of aldehydes is 1. The van der Waals surface area contributed by atoms with Crippen LogP contribution >= 0.6 is 0 Å². The summed E-state index contributed by atoms with van der Waals surface area (Å²) in [7, 11) is 3.20. The molecule has 14 nitrogen and oxygen atoms in total. The van der Waals surface area contributed by atoms with Crippen LogP contribution < -0.4 is 39.5 Å². The van der Waals surface area contributed by atoms with Crippen molar-refractivity contribution in [1.82, 2.24) is 0 Å². The van der Waals surface area contributed by atoms with Crippen LogP contribution in [0.4, 0.5) is 11.4 Å². The number of benzene rings is 4. The highest BCUT2D eigenvalue weighted by Gasteiger charge is 2.39. The number of nitrogen functional groups attached to an aromatic ring is 1. The van der Waals surface area contributed by atoms with E-state index in [0.717, 1.165) is 52.1 Å². The maximum absolute atomic E-state index is 12.4. The molecule has 9 rings (SSSR count). The van der Waals surface area contributed by atoms with Gasteiger partial charge in [-0.2, -0.15) is 0 Å². The number of aliphatic hydroxyl groups excluding tert-OH is 1. The summed E-state index contributed by atoms with van der Waals surface area (Å²) in [6, 6.07) is 23.9. The molecule has 0 amide bonds. The third kappa shape index (κ3) is 7.97. The van der Waals surface area contributed by atoms with E-state index < -0.39 is 5.97 Å². The second kappa shape index (κ2) is 15.8. The van der Waals surface area contributed by atoms with Gasteiger partial charge in [-0.25, -0.2) is 9.59 Å². The third-order valence-corrected chi connectivity index (χ3v) is 8.02. The van der Waals surface area contributed by atoms with E-state index in [4.69, 9.17) is 44.0 Å². The molecule has 5 aliphatic rings. The van der Waals surface area contributed by atoms with Gasteiger partial charge in [0.2, 0.25) is 13.6 Å². The number of carbonyl (C=O) groups is 3. The molecule has 0 aliphatic carbocycles. The molecule has 14 heteroatoms. The summed E-state index contributed by atoms with van der Waals surface area (Å²) in [6.45, 7) is 0.803. The van der Waals surface area contributed by atoms with Gasteiger partial charge in [0.05, 0.1) is 31.6 Å². The number of nitrogens with one attached hydrogen (secondary N) is 1. The Balaban J connectivity index is 0.000000141. The molecular weight excluding hydrogens is 676 g/mol. The van der Waals surface area contributed by atoms with Gasteiger partial charge < -0.3 is 54.1 Å². The lowest BCUT2D eigenvalue weighted by molar-refractivity contribution is -0.136. The Bertz CT molecular complexity index is 2060. The van der Waals surface area contributed by atoms with Gasteiger partial charge in [-0.05, 0) is 53.6 Å². The Morgan fingerprint density at radius 3 is 2.10 bits per heavy atom. The Labute approximate surface area is 297 Å². The molecule has 52 heavy (non-hydrogen) atoms. The van der Waals surface area contributed by atoms with Crippen LogP contribution in [-0.2, 0) is 19.1 Å². The number of aliphatic hydroxyl groups is 1. The second-order valence-corrected chi connectivity index (χ2v) is 11.3. The zero-order chi connectivity index (χ0) is 36.6. The van der Waals surface area contributed by atoms with E-state index in [-0.39, 0.29) is 37.7 Å².